The summed E-state index contributed by atoms with van der Waals surface area (Å²) < 4.78 is 17.4. The van der Waals surface area contributed by atoms with Gasteiger partial charge in [0, 0.05) is 17.0 Å². The third-order valence-electron chi connectivity index (χ3n) is 5.90. The number of benzene rings is 2. The molecule has 1 fully saturated rings. The van der Waals surface area contributed by atoms with Gasteiger partial charge in [-0.1, -0.05) is 17.7 Å². The van der Waals surface area contributed by atoms with Gasteiger partial charge in [-0.3, -0.25) is 0 Å². The first kappa shape index (κ1) is 21.6. The fraction of sp³-hybridized carbons (Fsp3) is 0.478. The van der Waals surface area contributed by atoms with Gasteiger partial charge in [0.15, 0.2) is 0 Å². The van der Waals surface area contributed by atoms with Crippen molar-refractivity contribution in [3.05, 3.63) is 63.2 Å². The Morgan fingerprint density at radius 3 is 2.70 bits per heavy atom. The Bertz CT molecular complexity index is 932. The highest BCUT2D eigenvalue weighted by molar-refractivity contribution is 6.31. The lowest BCUT2D eigenvalue weighted by molar-refractivity contribution is -0.347. The summed E-state index contributed by atoms with van der Waals surface area (Å²) in [5.41, 5.74) is 4.51. The molecule has 0 aromatic heterocycles. The van der Waals surface area contributed by atoms with E-state index < -0.39 is 24.1 Å². The predicted molar refractivity (Wildman–Crippen MR) is 112 cm³/mol. The molecule has 0 aliphatic carbocycles. The highest BCUT2D eigenvalue weighted by Gasteiger charge is 2.55. The Morgan fingerprint density at radius 1 is 1.20 bits per heavy atom. The number of aliphatic hydroxyl groups is 3. The minimum Gasteiger partial charge on any atom is -0.494 e. The van der Waals surface area contributed by atoms with Crippen molar-refractivity contribution in [2.24, 2.45) is 0 Å². The van der Waals surface area contributed by atoms with Crippen molar-refractivity contribution in [1.29, 1.82) is 0 Å². The number of aryl methyl sites for hydroxylation is 1. The summed E-state index contributed by atoms with van der Waals surface area (Å²) in [6, 6.07) is 9.68. The van der Waals surface area contributed by atoms with Gasteiger partial charge in [-0.2, -0.15) is 0 Å². The van der Waals surface area contributed by atoms with Crippen LogP contribution >= 0.6 is 11.6 Å². The first-order valence-corrected chi connectivity index (χ1v) is 10.6. The maximum Gasteiger partial charge on any atom is 0.225 e. The van der Waals surface area contributed by atoms with E-state index in [0.717, 1.165) is 28.0 Å². The van der Waals surface area contributed by atoms with Crippen molar-refractivity contribution in [2.75, 3.05) is 13.2 Å². The van der Waals surface area contributed by atoms with Crippen molar-refractivity contribution in [2.45, 2.75) is 57.4 Å². The number of halogens is 1. The van der Waals surface area contributed by atoms with Crippen LogP contribution in [-0.2, 0) is 28.3 Å². The standard InChI is InChI=1S/C23H27ClO6/c1-3-28-17-5-4-14(13(2)6-17)7-15-8-19-16(9-20(15)24)12-29-23(19)22(27)21(26)10-18(11-25)30-23/h4-6,8-9,18,21-22,25-27H,3,7,10-12H2,1-2H3/t18-,21-,22+,23-/m0/s1. The van der Waals surface area contributed by atoms with E-state index in [9.17, 15) is 15.3 Å². The van der Waals surface area contributed by atoms with E-state index in [-0.39, 0.29) is 19.6 Å². The van der Waals surface area contributed by atoms with E-state index in [2.05, 4.69) is 0 Å². The molecular formula is C23H27ClO6. The lowest BCUT2D eigenvalue weighted by atomic mass is 9.87. The molecule has 2 aliphatic rings. The molecule has 1 spiro atoms. The minimum absolute atomic E-state index is 0.143. The molecule has 0 amide bonds. The molecule has 0 radical (unpaired) electrons. The summed E-state index contributed by atoms with van der Waals surface area (Å²) in [6.07, 6.45) is -2.22. The lowest BCUT2D eigenvalue weighted by Crippen LogP contribution is -2.56. The monoisotopic (exact) mass is 434 g/mol. The molecule has 2 heterocycles. The summed E-state index contributed by atoms with van der Waals surface area (Å²) >= 11 is 6.57. The van der Waals surface area contributed by atoms with Crippen molar-refractivity contribution in [3.8, 4) is 5.75 Å². The summed E-state index contributed by atoms with van der Waals surface area (Å²) in [5, 5.41) is 31.2. The van der Waals surface area contributed by atoms with Crippen LogP contribution in [-0.4, -0.2) is 46.8 Å². The van der Waals surface area contributed by atoms with Crippen LogP contribution in [0.1, 0.15) is 41.2 Å². The van der Waals surface area contributed by atoms with Gasteiger partial charge in [-0.25, -0.2) is 0 Å². The van der Waals surface area contributed by atoms with Gasteiger partial charge in [0.25, 0.3) is 0 Å². The molecule has 0 saturated carbocycles. The van der Waals surface area contributed by atoms with Crippen molar-refractivity contribution in [3.63, 3.8) is 0 Å². The van der Waals surface area contributed by atoms with Crippen molar-refractivity contribution in [1.82, 2.24) is 0 Å². The predicted octanol–water partition coefficient (Wildman–Crippen LogP) is 2.82. The second-order valence-electron chi connectivity index (χ2n) is 7.93. The van der Waals surface area contributed by atoms with E-state index in [1.165, 1.54) is 0 Å². The van der Waals surface area contributed by atoms with Gasteiger partial charge < -0.3 is 29.5 Å². The lowest BCUT2D eigenvalue weighted by Gasteiger charge is -2.43. The van der Waals surface area contributed by atoms with Crippen LogP contribution in [0, 0.1) is 6.92 Å². The molecular weight excluding hydrogens is 408 g/mol. The molecule has 30 heavy (non-hydrogen) atoms. The quantitative estimate of drug-likeness (QED) is 0.670. The molecule has 2 aromatic carbocycles. The fourth-order valence-corrected chi connectivity index (χ4v) is 4.55. The average molecular weight is 435 g/mol. The van der Waals surface area contributed by atoms with E-state index >= 15 is 0 Å². The Labute approximate surface area is 181 Å². The largest absolute Gasteiger partial charge is 0.494 e. The Hall–Kier alpha value is -1.67. The Morgan fingerprint density at radius 2 is 2.00 bits per heavy atom. The fourth-order valence-electron chi connectivity index (χ4n) is 4.30. The summed E-state index contributed by atoms with van der Waals surface area (Å²) in [4.78, 5) is 0. The zero-order valence-corrected chi connectivity index (χ0v) is 17.9. The third-order valence-corrected chi connectivity index (χ3v) is 6.25. The van der Waals surface area contributed by atoms with Gasteiger partial charge in [-0.15, -0.1) is 0 Å². The molecule has 2 aromatic rings. The van der Waals surface area contributed by atoms with Gasteiger partial charge in [0.1, 0.15) is 11.9 Å². The minimum atomic E-state index is -1.51. The normalized spacial score (nSPS) is 28.0. The van der Waals surface area contributed by atoms with Crippen LogP contribution < -0.4 is 4.74 Å². The van der Waals surface area contributed by atoms with Crippen LogP contribution in [0.25, 0.3) is 0 Å². The van der Waals surface area contributed by atoms with Crippen molar-refractivity contribution < 1.29 is 29.5 Å². The maximum atomic E-state index is 10.7. The number of aliphatic hydroxyl groups excluding tert-OH is 3. The Kier molecular flexibility index (Phi) is 6.08. The molecule has 3 N–H and O–H groups in total. The van der Waals surface area contributed by atoms with Crippen LogP contribution in [0.2, 0.25) is 5.02 Å². The Balaban J connectivity index is 1.69. The zero-order valence-electron chi connectivity index (χ0n) is 17.1. The first-order valence-electron chi connectivity index (χ1n) is 10.2. The maximum absolute atomic E-state index is 10.7. The molecule has 0 unspecified atom stereocenters. The van der Waals surface area contributed by atoms with E-state index in [4.69, 9.17) is 25.8 Å². The summed E-state index contributed by atoms with van der Waals surface area (Å²) in [7, 11) is 0. The summed E-state index contributed by atoms with van der Waals surface area (Å²) in [6.45, 7) is 4.53. The van der Waals surface area contributed by atoms with Gasteiger partial charge in [0.2, 0.25) is 5.79 Å². The van der Waals surface area contributed by atoms with Crippen LogP contribution in [0.3, 0.4) is 0 Å². The molecule has 4 atom stereocenters. The molecule has 1 saturated heterocycles. The second-order valence-corrected chi connectivity index (χ2v) is 8.33. The van der Waals surface area contributed by atoms with E-state index in [1.807, 2.05) is 44.2 Å². The molecule has 162 valence electrons. The third kappa shape index (κ3) is 3.73. The number of hydrogen-bond acceptors (Lipinski definition) is 6. The van der Waals surface area contributed by atoms with Crippen LogP contribution in [0.4, 0.5) is 0 Å². The molecule has 2 aliphatic heterocycles. The topological polar surface area (TPSA) is 88.4 Å². The smallest absolute Gasteiger partial charge is 0.225 e. The van der Waals surface area contributed by atoms with Crippen molar-refractivity contribution >= 4 is 11.6 Å². The highest BCUT2D eigenvalue weighted by Crippen LogP contribution is 2.47. The van der Waals surface area contributed by atoms with E-state index in [0.29, 0.717) is 23.6 Å². The number of ether oxygens (including phenoxy) is 3. The first-order chi connectivity index (χ1) is 14.4. The highest BCUT2D eigenvalue weighted by atomic mass is 35.5. The molecule has 0 bridgehead atoms. The number of rotatable bonds is 5. The molecule has 7 heteroatoms. The SMILES string of the molecule is CCOc1ccc(Cc2cc3c(cc2Cl)CO[C@]32O[C@H](CO)C[C@H](O)[C@H]2O)c(C)c1. The number of fused-ring (bicyclic) bond motifs is 2. The van der Waals surface area contributed by atoms with Crippen LogP contribution in [0.15, 0.2) is 30.3 Å². The van der Waals surface area contributed by atoms with Gasteiger partial charge >= 0.3 is 0 Å². The van der Waals surface area contributed by atoms with Gasteiger partial charge in [0.05, 0.1) is 32.0 Å². The summed E-state index contributed by atoms with van der Waals surface area (Å²) in [5.74, 6) is -0.679. The second kappa shape index (κ2) is 8.46. The molecule has 4 rings (SSSR count). The zero-order chi connectivity index (χ0) is 21.5. The van der Waals surface area contributed by atoms with Gasteiger partial charge in [-0.05, 0) is 66.8 Å². The van der Waals surface area contributed by atoms with Crippen LogP contribution in [0.5, 0.6) is 5.75 Å². The average Bonchev–Trinajstić information content (AvgIpc) is 3.06. The number of hydrogen-bond donors (Lipinski definition) is 3. The molecule has 6 nitrogen and oxygen atoms in total. The van der Waals surface area contributed by atoms with E-state index in [1.54, 1.807) is 0 Å².